The summed E-state index contributed by atoms with van der Waals surface area (Å²) in [5.41, 5.74) is 5.53. The van der Waals surface area contributed by atoms with Crippen molar-refractivity contribution in [3.05, 3.63) is 0 Å². The van der Waals surface area contributed by atoms with E-state index in [0.717, 1.165) is 32.1 Å². The molecule has 18 heavy (non-hydrogen) atoms. The van der Waals surface area contributed by atoms with Gasteiger partial charge in [-0.05, 0) is 33.1 Å². The lowest BCUT2D eigenvalue weighted by Crippen LogP contribution is -2.58. The van der Waals surface area contributed by atoms with E-state index < -0.39 is 10.2 Å². The Kier molecular flexibility index (Phi) is 5.58. The minimum Gasteiger partial charge on any atom is -0.329 e. The van der Waals surface area contributed by atoms with E-state index in [1.54, 1.807) is 4.31 Å². The second-order valence-corrected chi connectivity index (χ2v) is 7.11. The molecule has 0 bridgehead atoms. The van der Waals surface area contributed by atoms with Gasteiger partial charge in [0.25, 0.3) is 10.2 Å². The Hall–Kier alpha value is -0.170. The Morgan fingerprint density at radius 1 is 1.33 bits per heavy atom. The maximum absolute atomic E-state index is 12.4. The summed E-state index contributed by atoms with van der Waals surface area (Å²) in [6, 6.07) is -0.0921. The first-order chi connectivity index (χ1) is 8.38. The molecule has 0 heterocycles. The van der Waals surface area contributed by atoms with Crippen molar-refractivity contribution in [2.45, 2.75) is 64.5 Å². The Labute approximate surface area is 111 Å². The molecular formula is C12H27N3O2S. The van der Waals surface area contributed by atoms with Crippen molar-refractivity contribution in [1.82, 2.24) is 9.03 Å². The topological polar surface area (TPSA) is 75.4 Å². The third-order valence-corrected chi connectivity index (χ3v) is 5.46. The van der Waals surface area contributed by atoms with Crippen molar-refractivity contribution in [2.75, 3.05) is 13.1 Å². The first-order valence-corrected chi connectivity index (χ1v) is 8.32. The first kappa shape index (κ1) is 15.9. The molecule has 0 aromatic heterocycles. The van der Waals surface area contributed by atoms with Gasteiger partial charge in [-0.2, -0.15) is 17.4 Å². The molecule has 1 saturated carbocycles. The van der Waals surface area contributed by atoms with Crippen LogP contribution in [0.3, 0.4) is 0 Å². The molecule has 1 rings (SSSR count). The zero-order valence-electron chi connectivity index (χ0n) is 11.8. The summed E-state index contributed by atoms with van der Waals surface area (Å²) in [5, 5.41) is 0. The van der Waals surface area contributed by atoms with Crippen LogP contribution in [0.25, 0.3) is 0 Å². The Morgan fingerprint density at radius 2 is 1.89 bits per heavy atom. The van der Waals surface area contributed by atoms with E-state index in [9.17, 15) is 8.42 Å². The standard InChI is InChI=1S/C12H27N3O2S/c1-4-9-15(18(16,17)14-11(2)3)12(10-13)7-5-6-8-12/h11,14H,4-10,13H2,1-3H3. The average molecular weight is 277 g/mol. The van der Waals surface area contributed by atoms with Crippen LogP contribution >= 0.6 is 0 Å². The fourth-order valence-corrected chi connectivity index (χ4v) is 4.68. The van der Waals surface area contributed by atoms with Crippen LogP contribution in [0.5, 0.6) is 0 Å². The highest BCUT2D eigenvalue weighted by atomic mass is 32.2. The first-order valence-electron chi connectivity index (χ1n) is 6.88. The van der Waals surface area contributed by atoms with E-state index in [4.69, 9.17) is 5.73 Å². The molecule has 0 aliphatic heterocycles. The highest BCUT2D eigenvalue weighted by Crippen LogP contribution is 2.36. The van der Waals surface area contributed by atoms with Gasteiger partial charge in [0.05, 0.1) is 0 Å². The molecule has 0 saturated heterocycles. The molecule has 6 heteroatoms. The van der Waals surface area contributed by atoms with Gasteiger partial charge in [0.2, 0.25) is 0 Å². The predicted octanol–water partition coefficient (Wildman–Crippen LogP) is 1.21. The summed E-state index contributed by atoms with van der Waals surface area (Å²) in [6.07, 6.45) is 4.69. The van der Waals surface area contributed by atoms with Gasteiger partial charge >= 0.3 is 0 Å². The largest absolute Gasteiger partial charge is 0.329 e. The number of nitrogens with two attached hydrogens (primary N) is 1. The summed E-state index contributed by atoms with van der Waals surface area (Å²) in [4.78, 5) is 0. The van der Waals surface area contributed by atoms with Crippen molar-refractivity contribution < 1.29 is 8.42 Å². The molecule has 1 aliphatic rings. The Balaban J connectivity index is 3.00. The van der Waals surface area contributed by atoms with Gasteiger partial charge in [-0.3, -0.25) is 0 Å². The Morgan fingerprint density at radius 3 is 2.28 bits per heavy atom. The molecular weight excluding hydrogens is 250 g/mol. The number of rotatable bonds is 7. The number of hydrogen-bond acceptors (Lipinski definition) is 3. The van der Waals surface area contributed by atoms with Gasteiger partial charge in [-0.25, -0.2) is 0 Å². The molecule has 0 unspecified atom stereocenters. The smallest absolute Gasteiger partial charge is 0.280 e. The van der Waals surface area contributed by atoms with Crippen molar-refractivity contribution in [1.29, 1.82) is 0 Å². The van der Waals surface area contributed by atoms with E-state index in [1.165, 1.54) is 0 Å². The van der Waals surface area contributed by atoms with Gasteiger partial charge in [0.15, 0.2) is 0 Å². The summed E-state index contributed by atoms with van der Waals surface area (Å²) in [5.74, 6) is 0. The zero-order valence-corrected chi connectivity index (χ0v) is 12.6. The highest BCUT2D eigenvalue weighted by Gasteiger charge is 2.44. The normalized spacial score (nSPS) is 19.9. The van der Waals surface area contributed by atoms with Crippen molar-refractivity contribution in [3.63, 3.8) is 0 Å². The predicted molar refractivity (Wildman–Crippen MR) is 74.4 cm³/mol. The van der Waals surface area contributed by atoms with Gasteiger partial charge in [0, 0.05) is 24.7 Å². The minimum absolute atomic E-state index is 0.0921. The SMILES string of the molecule is CCCN(C1(CN)CCCC1)S(=O)(=O)NC(C)C. The van der Waals surface area contributed by atoms with Gasteiger partial charge < -0.3 is 5.73 Å². The fraction of sp³-hybridized carbons (Fsp3) is 1.00. The molecule has 1 aliphatic carbocycles. The van der Waals surface area contributed by atoms with Crippen LogP contribution in [0.4, 0.5) is 0 Å². The average Bonchev–Trinajstić information content (AvgIpc) is 2.73. The monoisotopic (exact) mass is 277 g/mol. The molecule has 108 valence electrons. The summed E-state index contributed by atoms with van der Waals surface area (Å²) in [7, 11) is -3.43. The van der Waals surface area contributed by atoms with Gasteiger partial charge in [0.1, 0.15) is 0 Å². The molecule has 0 radical (unpaired) electrons. The second-order valence-electron chi connectivity index (χ2n) is 5.49. The number of nitrogens with one attached hydrogen (secondary N) is 1. The highest BCUT2D eigenvalue weighted by molar-refractivity contribution is 7.87. The quantitative estimate of drug-likeness (QED) is 0.734. The summed E-state index contributed by atoms with van der Waals surface area (Å²) >= 11 is 0. The van der Waals surface area contributed by atoms with Crippen molar-refractivity contribution in [3.8, 4) is 0 Å². The van der Waals surface area contributed by atoms with Crippen molar-refractivity contribution in [2.24, 2.45) is 5.73 Å². The lowest BCUT2D eigenvalue weighted by Gasteiger charge is -2.39. The van der Waals surface area contributed by atoms with Crippen molar-refractivity contribution >= 4 is 10.2 Å². The van der Waals surface area contributed by atoms with E-state index in [0.29, 0.717) is 13.1 Å². The van der Waals surface area contributed by atoms with Crippen LogP contribution in [0.1, 0.15) is 52.9 Å². The second kappa shape index (κ2) is 6.32. The molecule has 3 N–H and O–H groups in total. The van der Waals surface area contributed by atoms with Gasteiger partial charge in [-0.1, -0.05) is 19.8 Å². The third kappa shape index (κ3) is 3.44. The fourth-order valence-electron chi connectivity index (χ4n) is 2.77. The minimum atomic E-state index is -3.43. The lowest BCUT2D eigenvalue weighted by atomic mass is 9.98. The van der Waals surface area contributed by atoms with Crippen LogP contribution in [-0.2, 0) is 10.2 Å². The molecule has 0 aromatic carbocycles. The maximum Gasteiger partial charge on any atom is 0.280 e. The molecule has 0 atom stereocenters. The molecule has 0 spiro atoms. The third-order valence-electron chi connectivity index (χ3n) is 3.54. The molecule has 1 fully saturated rings. The molecule has 0 amide bonds. The van der Waals surface area contributed by atoms with Crippen LogP contribution in [-0.4, -0.2) is 37.4 Å². The Bertz CT molecular complexity index is 348. The summed E-state index contributed by atoms with van der Waals surface area (Å²) < 4.78 is 29.2. The molecule has 0 aromatic rings. The van der Waals surface area contributed by atoms with Gasteiger partial charge in [-0.15, -0.1) is 0 Å². The summed E-state index contributed by atoms with van der Waals surface area (Å²) in [6.45, 7) is 6.62. The molecule has 5 nitrogen and oxygen atoms in total. The van der Waals surface area contributed by atoms with Crippen LogP contribution < -0.4 is 10.5 Å². The number of nitrogens with zero attached hydrogens (tertiary/aromatic N) is 1. The van der Waals surface area contributed by atoms with E-state index in [-0.39, 0.29) is 11.6 Å². The van der Waals surface area contributed by atoms with Crippen LogP contribution in [0.15, 0.2) is 0 Å². The van der Waals surface area contributed by atoms with E-state index >= 15 is 0 Å². The lowest BCUT2D eigenvalue weighted by molar-refractivity contribution is 0.194. The van der Waals surface area contributed by atoms with E-state index in [2.05, 4.69) is 4.72 Å². The number of hydrogen-bond donors (Lipinski definition) is 2. The zero-order chi connectivity index (χ0) is 13.8. The van der Waals surface area contributed by atoms with E-state index in [1.807, 2.05) is 20.8 Å². The van der Waals surface area contributed by atoms with Crippen LogP contribution in [0, 0.1) is 0 Å². The maximum atomic E-state index is 12.4. The van der Waals surface area contributed by atoms with Crippen LogP contribution in [0.2, 0.25) is 0 Å².